The molecule has 0 amide bonds. The molecule has 0 aromatic rings. The summed E-state index contributed by atoms with van der Waals surface area (Å²) in [7, 11) is 0. The van der Waals surface area contributed by atoms with Gasteiger partial charge in [-0.05, 0) is 26.8 Å². The summed E-state index contributed by atoms with van der Waals surface area (Å²) < 4.78 is 5.72. The van der Waals surface area contributed by atoms with Gasteiger partial charge in [0.25, 0.3) is 0 Å². The standard InChI is InChI=1S/C11H19NO/c1-7(2)6-10-9(5)12-11(13-10)8(3)4/h6,8-10H,1-5H3. The van der Waals surface area contributed by atoms with E-state index < -0.39 is 0 Å². The number of aliphatic imine (C=N–C) groups is 1. The van der Waals surface area contributed by atoms with Crippen molar-refractivity contribution in [1.29, 1.82) is 0 Å². The molecule has 0 aliphatic carbocycles. The van der Waals surface area contributed by atoms with Crippen LogP contribution in [0.5, 0.6) is 0 Å². The maximum Gasteiger partial charge on any atom is 0.187 e. The van der Waals surface area contributed by atoms with E-state index in [2.05, 4.69) is 45.7 Å². The maximum absolute atomic E-state index is 5.72. The molecule has 2 atom stereocenters. The third-order valence-corrected chi connectivity index (χ3v) is 2.05. The Bertz CT molecular complexity index is 236. The Kier molecular flexibility index (Phi) is 3.12. The summed E-state index contributed by atoms with van der Waals surface area (Å²) in [6, 6.07) is 0.271. The van der Waals surface area contributed by atoms with Crippen LogP contribution in [0.3, 0.4) is 0 Å². The molecule has 2 heteroatoms. The predicted octanol–water partition coefficient (Wildman–Crippen LogP) is 2.79. The summed E-state index contributed by atoms with van der Waals surface area (Å²) in [5.74, 6) is 1.30. The highest BCUT2D eigenvalue weighted by Gasteiger charge is 2.26. The van der Waals surface area contributed by atoms with Gasteiger partial charge in [-0.1, -0.05) is 19.4 Å². The van der Waals surface area contributed by atoms with E-state index in [1.807, 2.05) is 0 Å². The Morgan fingerprint density at radius 1 is 1.46 bits per heavy atom. The van der Waals surface area contributed by atoms with Crippen molar-refractivity contribution in [3.8, 4) is 0 Å². The number of allylic oxidation sites excluding steroid dienone is 1. The predicted molar refractivity (Wildman–Crippen MR) is 56.0 cm³/mol. The van der Waals surface area contributed by atoms with Crippen LogP contribution < -0.4 is 0 Å². The minimum absolute atomic E-state index is 0.155. The molecule has 1 heterocycles. The molecule has 2 nitrogen and oxygen atoms in total. The van der Waals surface area contributed by atoms with Crippen molar-refractivity contribution in [2.45, 2.75) is 46.8 Å². The quantitative estimate of drug-likeness (QED) is 0.600. The lowest BCUT2D eigenvalue weighted by Gasteiger charge is -2.11. The van der Waals surface area contributed by atoms with E-state index in [1.165, 1.54) is 5.57 Å². The summed E-state index contributed by atoms with van der Waals surface area (Å²) >= 11 is 0. The average Bonchev–Trinajstić information content (AvgIpc) is 2.31. The van der Waals surface area contributed by atoms with E-state index in [0.29, 0.717) is 5.92 Å². The molecule has 0 fully saturated rings. The molecule has 1 aliphatic rings. The number of nitrogens with zero attached hydrogens (tertiary/aromatic N) is 1. The van der Waals surface area contributed by atoms with E-state index >= 15 is 0 Å². The molecule has 0 aromatic carbocycles. The monoisotopic (exact) mass is 181 g/mol. The lowest BCUT2D eigenvalue weighted by atomic mass is 10.1. The van der Waals surface area contributed by atoms with Crippen LogP contribution in [0, 0.1) is 5.92 Å². The Hall–Kier alpha value is -0.790. The second-order valence-electron chi connectivity index (χ2n) is 4.19. The van der Waals surface area contributed by atoms with Gasteiger partial charge < -0.3 is 4.74 Å². The summed E-state index contributed by atoms with van der Waals surface area (Å²) in [5.41, 5.74) is 1.29. The largest absolute Gasteiger partial charge is 0.471 e. The molecule has 74 valence electrons. The first kappa shape index (κ1) is 10.3. The van der Waals surface area contributed by atoms with E-state index in [9.17, 15) is 0 Å². The van der Waals surface area contributed by atoms with Crippen LogP contribution in [0.15, 0.2) is 16.6 Å². The highest BCUT2D eigenvalue weighted by molar-refractivity contribution is 5.80. The lowest BCUT2D eigenvalue weighted by Crippen LogP contribution is -2.18. The minimum Gasteiger partial charge on any atom is -0.471 e. The SMILES string of the molecule is CC(C)=CC1OC(C(C)C)=NC1C. The van der Waals surface area contributed by atoms with Gasteiger partial charge in [0.05, 0.1) is 6.04 Å². The molecule has 0 radical (unpaired) electrons. The van der Waals surface area contributed by atoms with Crippen LogP contribution in [0.1, 0.15) is 34.6 Å². The van der Waals surface area contributed by atoms with Gasteiger partial charge in [-0.15, -0.1) is 0 Å². The molecule has 0 aromatic heterocycles. The fourth-order valence-corrected chi connectivity index (χ4v) is 1.33. The summed E-state index contributed by atoms with van der Waals surface area (Å²) in [4.78, 5) is 4.47. The Balaban J connectivity index is 2.65. The second kappa shape index (κ2) is 3.95. The van der Waals surface area contributed by atoms with Crippen LogP contribution in [0.25, 0.3) is 0 Å². The summed E-state index contributed by atoms with van der Waals surface area (Å²) in [5, 5.41) is 0. The van der Waals surface area contributed by atoms with Crippen molar-refractivity contribution in [2.24, 2.45) is 10.9 Å². The van der Waals surface area contributed by atoms with Crippen LogP contribution in [-0.2, 0) is 4.74 Å². The zero-order valence-corrected chi connectivity index (χ0v) is 9.16. The van der Waals surface area contributed by atoms with Gasteiger partial charge in [-0.25, -0.2) is 4.99 Å². The number of ether oxygens (including phenoxy) is 1. The summed E-state index contributed by atoms with van der Waals surface area (Å²) in [6.45, 7) is 10.5. The first-order chi connectivity index (χ1) is 6.00. The van der Waals surface area contributed by atoms with Gasteiger partial charge in [-0.2, -0.15) is 0 Å². The Morgan fingerprint density at radius 2 is 2.08 bits per heavy atom. The Morgan fingerprint density at radius 3 is 2.46 bits per heavy atom. The first-order valence-electron chi connectivity index (χ1n) is 4.90. The van der Waals surface area contributed by atoms with Gasteiger partial charge in [0, 0.05) is 5.92 Å². The van der Waals surface area contributed by atoms with Gasteiger partial charge in [0.1, 0.15) is 6.10 Å². The first-order valence-corrected chi connectivity index (χ1v) is 4.90. The number of hydrogen-bond donors (Lipinski definition) is 0. The molecular formula is C11H19NO. The fraction of sp³-hybridized carbons (Fsp3) is 0.727. The van der Waals surface area contributed by atoms with E-state index in [1.54, 1.807) is 0 Å². The third kappa shape index (κ3) is 2.58. The fourth-order valence-electron chi connectivity index (χ4n) is 1.33. The highest BCUT2D eigenvalue weighted by Crippen LogP contribution is 2.19. The van der Waals surface area contributed by atoms with Gasteiger partial charge >= 0.3 is 0 Å². The van der Waals surface area contributed by atoms with Crippen LogP contribution in [0.2, 0.25) is 0 Å². The molecule has 0 bridgehead atoms. The minimum atomic E-state index is 0.155. The molecule has 2 unspecified atom stereocenters. The molecule has 0 N–H and O–H groups in total. The van der Waals surface area contributed by atoms with Crippen molar-refractivity contribution in [2.75, 3.05) is 0 Å². The van der Waals surface area contributed by atoms with Gasteiger partial charge in [0.2, 0.25) is 0 Å². The molecule has 13 heavy (non-hydrogen) atoms. The van der Waals surface area contributed by atoms with Crippen molar-refractivity contribution >= 4 is 5.90 Å². The molecule has 0 spiro atoms. The van der Waals surface area contributed by atoms with Crippen LogP contribution in [0.4, 0.5) is 0 Å². The zero-order valence-electron chi connectivity index (χ0n) is 9.16. The van der Waals surface area contributed by atoms with Crippen LogP contribution in [-0.4, -0.2) is 18.0 Å². The van der Waals surface area contributed by atoms with E-state index in [-0.39, 0.29) is 12.1 Å². The topological polar surface area (TPSA) is 21.6 Å². The average molecular weight is 181 g/mol. The van der Waals surface area contributed by atoms with Crippen molar-refractivity contribution in [1.82, 2.24) is 0 Å². The lowest BCUT2D eigenvalue weighted by molar-refractivity contribution is 0.235. The third-order valence-electron chi connectivity index (χ3n) is 2.05. The molecule has 1 rings (SSSR count). The number of hydrogen-bond acceptors (Lipinski definition) is 2. The Labute approximate surface area is 80.7 Å². The molecular weight excluding hydrogens is 162 g/mol. The van der Waals surface area contributed by atoms with Crippen molar-refractivity contribution in [3.05, 3.63) is 11.6 Å². The van der Waals surface area contributed by atoms with E-state index in [0.717, 1.165) is 5.90 Å². The van der Waals surface area contributed by atoms with Gasteiger partial charge in [-0.3, -0.25) is 0 Å². The zero-order chi connectivity index (χ0) is 10.0. The van der Waals surface area contributed by atoms with E-state index in [4.69, 9.17) is 4.74 Å². The number of rotatable bonds is 2. The molecule has 0 saturated heterocycles. The summed E-state index contributed by atoms with van der Waals surface area (Å²) in [6.07, 6.45) is 2.30. The molecule has 1 aliphatic heterocycles. The molecule has 0 saturated carbocycles. The van der Waals surface area contributed by atoms with Gasteiger partial charge in [0.15, 0.2) is 5.90 Å². The highest BCUT2D eigenvalue weighted by atomic mass is 16.5. The smallest absolute Gasteiger partial charge is 0.187 e. The normalized spacial score (nSPS) is 27.1. The van der Waals surface area contributed by atoms with Crippen molar-refractivity contribution in [3.63, 3.8) is 0 Å². The maximum atomic E-state index is 5.72. The van der Waals surface area contributed by atoms with Crippen LogP contribution >= 0.6 is 0 Å². The van der Waals surface area contributed by atoms with Crippen molar-refractivity contribution < 1.29 is 4.74 Å². The second-order valence-corrected chi connectivity index (χ2v) is 4.19.